The molecule has 112 valence electrons. The maximum Gasteiger partial charge on any atom is 0.407 e. The second kappa shape index (κ2) is 5.23. The maximum atomic E-state index is 11.8. The highest BCUT2D eigenvalue weighted by Gasteiger charge is 2.40. The van der Waals surface area contributed by atoms with Crippen molar-refractivity contribution in [3.8, 4) is 5.75 Å². The molecule has 3 rings (SSSR count). The zero-order chi connectivity index (χ0) is 15.0. The van der Waals surface area contributed by atoms with Crippen molar-refractivity contribution in [3.63, 3.8) is 0 Å². The van der Waals surface area contributed by atoms with Crippen LogP contribution in [0, 0.1) is 0 Å². The molecular formula is C14H17N3O4. The lowest BCUT2D eigenvalue weighted by atomic mass is 10.0. The van der Waals surface area contributed by atoms with Crippen molar-refractivity contribution < 1.29 is 19.4 Å². The first-order valence-electron chi connectivity index (χ1n) is 6.97. The van der Waals surface area contributed by atoms with Crippen molar-refractivity contribution in [2.24, 2.45) is 0 Å². The van der Waals surface area contributed by atoms with Crippen molar-refractivity contribution in [2.75, 3.05) is 6.54 Å². The monoisotopic (exact) mass is 291 g/mol. The fourth-order valence-electron chi connectivity index (χ4n) is 2.21. The first-order valence-corrected chi connectivity index (χ1v) is 6.97. The Morgan fingerprint density at radius 2 is 2.19 bits per heavy atom. The summed E-state index contributed by atoms with van der Waals surface area (Å²) in [4.78, 5) is 28.0. The van der Waals surface area contributed by atoms with Crippen molar-refractivity contribution in [1.82, 2.24) is 15.2 Å². The van der Waals surface area contributed by atoms with Gasteiger partial charge in [0, 0.05) is 6.04 Å². The summed E-state index contributed by atoms with van der Waals surface area (Å²) in [7, 11) is 0. The van der Waals surface area contributed by atoms with Gasteiger partial charge in [-0.1, -0.05) is 0 Å². The fraction of sp³-hybridized carbons (Fsp3) is 0.500. The largest absolute Gasteiger partial charge is 0.485 e. The van der Waals surface area contributed by atoms with E-state index in [-0.39, 0.29) is 18.1 Å². The van der Waals surface area contributed by atoms with Crippen molar-refractivity contribution in [2.45, 2.75) is 38.0 Å². The summed E-state index contributed by atoms with van der Waals surface area (Å²) in [6, 6.07) is 3.42. The molecule has 0 spiro atoms. The average Bonchev–Trinajstić information content (AvgIpc) is 3.26. The number of ether oxygens (including phenoxy) is 1. The van der Waals surface area contributed by atoms with Crippen LogP contribution in [0.5, 0.6) is 5.75 Å². The second-order valence-corrected chi connectivity index (χ2v) is 5.46. The van der Waals surface area contributed by atoms with E-state index in [9.17, 15) is 9.59 Å². The quantitative estimate of drug-likeness (QED) is 0.866. The first-order chi connectivity index (χ1) is 10.0. The number of hydrogen-bond acceptors (Lipinski definition) is 4. The Kier molecular flexibility index (Phi) is 3.40. The van der Waals surface area contributed by atoms with E-state index < -0.39 is 6.09 Å². The molecule has 7 nitrogen and oxygen atoms in total. The minimum Gasteiger partial charge on any atom is -0.485 e. The molecule has 2 atom stereocenters. The Morgan fingerprint density at radius 3 is 2.71 bits per heavy atom. The SMILES string of the molecule is C[C@H]1C(Oc2ccc(C(=O)NC3CC3)nc2)CN1C(=O)O. The number of aromatic nitrogens is 1. The van der Waals surface area contributed by atoms with Crippen LogP contribution in [-0.2, 0) is 0 Å². The van der Waals surface area contributed by atoms with Crippen molar-refractivity contribution in [3.05, 3.63) is 24.0 Å². The second-order valence-electron chi connectivity index (χ2n) is 5.46. The molecule has 0 bridgehead atoms. The third-order valence-electron chi connectivity index (χ3n) is 3.82. The van der Waals surface area contributed by atoms with E-state index in [1.54, 1.807) is 19.1 Å². The number of carboxylic acid groups (broad SMARTS) is 1. The number of nitrogens with one attached hydrogen (secondary N) is 1. The number of pyridine rings is 1. The van der Waals surface area contributed by atoms with Crippen LogP contribution < -0.4 is 10.1 Å². The lowest BCUT2D eigenvalue weighted by Crippen LogP contribution is -2.62. The lowest BCUT2D eigenvalue weighted by Gasteiger charge is -2.43. The number of hydrogen-bond donors (Lipinski definition) is 2. The van der Waals surface area contributed by atoms with E-state index in [0.717, 1.165) is 12.8 Å². The third-order valence-corrected chi connectivity index (χ3v) is 3.82. The van der Waals surface area contributed by atoms with Gasteiger partial charge in [-0.3, -0.25) is 9.69 Å². The van der Waals surface area contributed by atoms with Gasteiger partial charge in [0.1, 0.15) is 17.5 Å². The summed E-state index contributed by atoms with van der Waals surface area (Å²) in [5.74, 6) is 0.373. The van der Waals surface area contributed by atoms with Gasteiger partial charge in [-0.2, -0.15) is 0 Å². The van der Waals surface area contributed by atoms with Crippen LogP contribution >= 0.6 is 0 Å². The highest BCUT2D eigenvalue weighted by molar-refractivity contribution is 5.92. The molecule has 2 fully saturated rings. The minimum atomic E-state index is -0.937. The fourth-order valence-corrected chi connectivity index (χ4v) is 2.21. The summed E-state index contributed by atoms with van der Waals surface area (Å²) in [6.07, 6.45) is 2.46. The van der Waals surface area contributed by atoms with E-state index in [1.165, 1.54) is 11.1 Å². The molecule has 2 amide bonds. The van der Waals surface area contributed by atoms with E-state index in [4.69, 9.17) is 9.84 Å². The van der Waals surface area contributed by atoms with Gasteiger partial charge in [-0.25, -0.2) is 9.78 Å². The summed E-state index contributed by atoms with van der Waals surface area (Å²) < 4.78 is 5.67. The Bertz CT molecular complexity index is 556. The van der Waals surface area contributed by atoms with E-state index in [1.807, 2.05) is 0 Å². The van der Waals surface area contributed by atoms with Crippen LogP contribution in [0.4, 0.5) is 4.79 Å². The number of amides is 2. The molecule has 0 radical (unpaired) electrons. The van der Waals surface area contributed by atoms with Gasteiger partial charge in [-0.05, 0) is 31.9 Å². The van der Waals surface area contributed by atoms with Crippen LogP contribution in [0.15, 0.2) is 18.3 Å². The summed E-state index contributed by atoms with van der Waals surface area (Å²) in [5, 5.41) is 11.7. The Morgan fingerprint density at radius 1 is 1.43 bits per heavy atom. The van der Waals surface area contributed by atoms with Crippen molar-refractivity contribution >= 4 is 12.0 Å². The molecular weight excluding hydrogens is 274 g/mol. The molecule has 1 saturated heterocycles. The molecule has 21 heavy (non-hydrogen) atoms. The van der Waals surface area contributed by atoms with Gasteiger partial charge in [0.05, 0.1) is 18.8 Å². The number of nitrogens with zero attached hydrogens (tertiary/aromatic N) is 2. The molecule has 1 aromatic rings. The zero-order valence-electron chi connectivity index (χ0n) is 11.7. The molecule has 2 aliphatic rings. The topological polar surface area (TPSA) is 91.8 Å². The average molecular weight is 291 g/mol. The molecule has 1 aliphatic carbocycles. The van der Waals surface area contributed by atoms with Gasteiger partial charge in [-0.15, -0.1) is 0 Å². The minimum absolute atomic E-state index is 0.168. The number of carbonyl (C=O) groups is 2. The molecule has 1 aromatic heterocycles. The predicted molar refractivity (Wildman–Crippen MR) is 73.3 cm³/mol. The third kappa shape index (κ3) is 2.91. The highest BCUT2D eigenvalue weighted by Crippen LogP contribution is 2.24. The standard InChI is InChI=1S/C14H17N3O4/c1-8-12(7-17(8)14(19)20)21-10-4-5-11(15-6-10)13(18)16-9-2-3-9/h4-6,8-9,12H,2-3,7H2,1H3,(H,16,18)(H,19,20)/t8-,12?/m0/s1. The van der Waals surface area contributed by atoms with E-state index in [0.29, 0.717) is 24.0 Å². The Labute approximate surface area is 121 Å². The van der Waals surface area contributed by atoms with Crippen LogP contribution in [0.3, 0.4) is 0 Å². The van der Waals surface area contributed by atoms with Gasteiger partial charge in [0.2, 0.25) is 0 Å². The molecule has 0 aromatic carbocycles. The van der Waals surface area contributed by atoms with Gasteiger partial charge < -0.3 is 15.2 Å². The smallest absolute Gasteiger partial charge is 0.407 e. The summed E-state index contributed by atoms with van der Waals surface area (Å²) in [6.45, 7) is 2.15. The van der Waals surface area contributed by atoms with Crippen LogP contribution in [0.1, 0.15) is 30.3 Å². The molecule has 1 saturated carbocycles. The molecule has 1 aliphatic heterocycles. The molecule has 1 unspecified atom stereocenters. The van der Waals surface area contributed by atoms with Gasteiger partial charge >= 0.3 is 6.09 Å². The lowest BCUT2D eigenvalue weighted by molar-refractivity contribution is -0.0226. The molecule has 7 heteroatoms. The first kappa shape index (κ1) is 13.7. The Balaban J connectivity index is 1.55. The van der Waals surface area contributed by atoms with Crippen LogP contribution in [0.2, 0.25) is 0 Å². The van der Waals surface area contributed by atoms with E-state index >= 15 is 0 Å². The van der Waals surface area contributed by atoms with E-state index in [2.05, 4.69) is 10.3 Å². The number of carbonyl (C=O) groups excluding carboxylic acids is 1. The van der Waals surface area contributed by atoms with Gasteiger partial charge in [0.15, 0.2) is 0 Å². The molecule has 2 heterocycles. The van der Waals surface area contributed by atoms with Crippen molar-refractivity contribution in [1.29, 1.82) is 0 Å². The number of rotatable bonds is 4. The summed E-state index contributed by atoms with van der Waals surface area (Å²) in [5.41, 5.74) is 0.364. The van der Waals surface area contributed by atoms with Gasteiger partial charge in [0.25, 0.3) is 5.91 Å². The maximum absolute atomic E-state index is 11.8. The van der Waals surface area contributed by atoms with Crippen LogP contribution in [-0.4, -0.2) is 51.7 Å². The molecule has 2 N–H and O–H groups in total. The predicted octanol–water partition coefficient (Wildman–Crippen LogP) is 1.10. The summed E-state index contributed by atoms with van der Waals surface area (Å²) >= 11 is 0. The Hall–Kier alpha value is -2.31. The normalized spacial score (nSPS) is 24.1. The highest BCUT2D eigenvalue weighted by atomic mass is 16.5. The number of likely N-dealkylation sites (tertiary alicyclic amines) is 1. The van der Waals surface area contributed by atoms with Crippen LogP contribution in [0.25, 0.3) is 0 Å². The zero-order valence-corrected chi connectivity index (χ0v) is 11.7.